The van der Waals surface area contributed by atoms with E-state index in [2.05, 4.69) is 15.3 Å². The predicted molar refractivity (Wildman–Crippen MR) is 105 cm³/mol. The van der Waals surface area contributed by atoms with Crippen molar-refractivity contribution in [1.29, 1.82) is 0 Å². The Morgan fingerprint density at radius 3 is 2.48 bits per heavy atom. The number of esters is 1. The van der Waals surface area contributed by atoms with Crippen molar-refractivity contribution in [2.45, 2.75) is 44.7 Å². The van der Waals surface area contributed by atoms with E-state index < -0.39 is 11.5 Å². The van der Waals surface area contributed by atoms with Crippen molar-refractivity contribution < 1.29 is 19.1 Å². The molecule has 3 rings (SSSR count). The minimum atomic E-state index is -0.609. The normalized spacial score (nSPS) is 14.3. The summed E-state index contributed by atoms with van der Waals surface area (Å²) in [5, 5.41) is 2.98. The number of carbonyl (C=O) groups excluding carboxylic acids is 2. The zero-order valence-corrected chi connectivity index (χ0v) is 16.5. The van der Waals surface area contributed by atoms with Gasteiger partial charge in [-0.25, -0.2) is 14.8 Å². The van der Waals surface area contributed by atoms with Gasteiger partial charge in [0.25, 0.3) is 5.56 Å². The third-order valence-electron chi connectivity index (χ3n) is 4.91. The maximum absolute atomic E-state index is 13.0. The number of carbonyl (C=O) groups is 2. The van der Waals surface area contributed by atoms with Crippen molar-refractivity contribution in [2.24, 2.45) is 0 Å². The minimum absolute atomic E-state index is 0.130. The van der Waals surface area contributed by atoms with Gasteiger partial charge < -0.3 is 19.4 Å². The Kier molecular flexibility index (Phi) is 6.58. The van der Waals surface area contributed by atoms with Gasteiger partial charge in [0.2, 0.25) is 5.91 Å². The molecule has 1 fully saturated rings. The summed E-state index contributed by atoms with van der Waals surface area (Å²) in [6.07, 6.45) is 9.43. The van der Waals surface area contributed by atoms with E-state index in [9.17, 15) is 14.4 Å². The highest BCUT2D eigenvalue weighted by Gasteiger charge is 2.19. The number of aromatic nitrogens is 3. The van der Waals surface area contributed by atoms with Gasteiger partial charge in [-0.05, 0) is 18.9 Å². The van der Waals surface area contributed by atoms with Gasteiger partial charge in [-0.15, -0.1) is 0 Å². The van der Waals surface area contributed by atoms with Crippen molar-refractivity contribution in [3.05, 3.63) is 40.6 Å². The fourth-order valence-electron chi connectivity index (χ4n) is 3.43. The lowest BCUT2D eigenvalue weighted by Crippen LogP contribution is -2.40. The van der Waals surface area contributed by atoms with Crippen LogP contribution in [0.25, 0.3) is 11.1 Å². The largest absolute Gasteiger partial charge is 0.467 e. The summed E-state index contributed by atoms with van der Waals surface area (Å²) in [7, 11) is 2.69. The molecule has 2 heterocycles. The van der Waals surface area contributed by atoms with Gasteiger partial charge in [0, 0.05) is 30.2 Å². The van der Waals surface area contributed by atoms with Crippen molar-refractivity contribution >= 4 is 11.9 Å². The second kappa shape index (κ2) is 9.31. The van der Waals surface area contributed by atoms with Gasteiger partial charge in [-0.1, -0.05) is 19.3 Å². The topological polar surface area (TPSA) is 112 Å². The molecule has 0 aliphatic heterocycles. The van der Waals surface area contributed by atoms with Crippen LogP contribution in [0.3, 0.4) is 0 Å². The number of hydrogen-bond donors (Lipinski definition) is 1. The molecule has 0 bridgehead atoms. The molecule has 2 aromatic rings. The van der Waals surface area contributed by atoms with E-state index in [1.165, 1.54) is 49.9 Å². The van der Waals surface area contributed by atoms with Crippen LogP contribution in [-0.2, 0) is 16.1 Å². The molecule has 154 valence electrons. The first kappa shape index (κ1) is 20.5. The van der Waals surface area contributed by atoms with E-state index in [1.54, 1.807) is 0 Å². The maximum atomic E-state index is 13.0. The van der Waals surface area contributed by atoms with Crippen LogP contribution in [0.4, 0.5) is 0 Å². The molecule has 1 amide bonds. The number of methoxy groups -OCH3 is 2. The summed E-state index contributed by atoms with van der Waals surface area (Å²) in [5.74, 6) is -0.875. The Labute approximate surface area is 168 Å². The number of pyridine rings is 1. The number of ether oxygens (including phenoxy) is 2. The summed E-state index contributed by atoms with van der Waals surface area (Å²) >= 11 is 0. The second-order valence-corrected chi connectivity index (χ2v) is 6.93. The smallest absolute Gasteiger partial charge is 0.339 e. The average molecular weight is 400 g/mol. The van der Waals surface area contributed by atoms with Crippen LogP contribution in [0.1, 0.15) is 42.5 Å². The molecule has 1 saturated carbocycles. The van der Waals surface area contributed by atoms with Crippen LogP contribution in [0.2, 0.25) is 0 Å². The van der Waals surface area contributed by atoms with Gasteiger partial charge in [0.05, 0.1) is 25.3 Å². The molecule has 0 atom stereocenters. The molecule has 1 N–H and O–H groups in total. The van der Waals surface area contributed by atoms with Crippen LogP contribution < -0.4 is 15.6 Å². The molecule has 0 radical (unpaired) electrons. The molecular weight excluding hydrogens is 376 g/mol. The third-order valence-corrected chi connectivity index (χ3v) is 4.91. The molecule has 0 saturated heterocycles. The standard InChI is InChI=1S/C20H24N4O5/c1-28-19(27)13-8-16(14-9-21-20(29-2)22-10-14)18(26)24(11-13)12-17(25)23-15-6-4-3-5-7-15/h8-11,15H,3-7,12H2,1-2H3,(H,23,25). The Hall–Kier alpha value is -3.23. The highest BCUT2D eigenvalue weighted by molar-refractivity contribution is 5.90. The molecule has 0 spiro atoms. The molecule has 0 unspecified atom stereocenters. The number of nitrogens with one attached hydrogen (secondary N) is 1. The van der Waals surface area contributed by atoms with Crippen molar-refractivity contribution in [3.8, 4) is 17.1 Å². The van der Waals surface area contributed by atoms with E-state index in [4.69, 9.17) is 9.47 Å². The first-order valence-electron chi connectivity index (χ1n) is 9.50. The molecule has 9 nitrogen and oxygen atoms in total. The van der Waals surface area contributed by atoms with Crippen molar-refractivity contribution in [1.82, 2.24) is 19.9 Å². The average Bonchev–Trinajstić information content (AvgIpc) is 2.75. The van der Waals surface area contributed by atoms with Crippen molar-refractivity contribution in [3.63, 3.8) is 0 Å². The SMILES string of the molecule is COC(=O)c1cc(-c2cnc(OC)nc2)c(=O)n(CC(=O)NC2CCCCC2)c1. The quantitative estimate of drug-likeness (QED) is 0.732. The van der Waals surface area contributed by atoms with Crippen LogP contribution >= 0.6 is 0 Å². The molecule has 2 aromatic heterocycles. The highest BCUT2D eigenvalue weighted by atomic mass is 16.5. The Morgan fingerprint density at radius 2 is 1.86 bits per heavy atom. The monoisotopic (exact) mass is 400 g/mol. The molecule has 1 aliphatic carbocycles. The van der Waals surface area contributed by atoms with E-state index in [-0.39, 0.29) is 35.6 Å². The van der Waals surface area contributed by atoms with Crippen LogP contribution in [0, 0.1) is 0 Å². The molecule has 29 heavy (non-hydrogen) atoms. The first-order chi connectivity index (χ1) is 14.0. The van der Waals surface area contributed by atoms with Gasteiger partial charge >= 0.3 is 12.0 Å². The number of rotatable bonds is 6. The predicted octanol–water partition coefficient (Wildman–Crippen LogP) is 1.55. The van der Waals surface area contributed by atoms with Crippen LogP contribution in [0.15, 0.2) is 29.5 Å². The summed E-state index contributed by atoms with van der Waals surface area (Å²) < 4.78 is 10.9. The lowest BCUT2D eigenvalue weighted by Gasteiger charge is -2.23. The lowest BCUT2D eigenvalue weighted by atomic mass is 9.95. The molecule has 0 aromatic carbocycles. The summed E-state index contributed by atoms with van der Waals surface area (Å²) in [6.45, 7) is -0.190. The third kappa shape index (κ3) is 4.98. The number of hydrogen-bond acceptors (Lipinski definition) is 7. The Balaban J connectivity index is 1.91. The Morgan fingerprint density at radius 1 is 1.17 bits per heavy atom. The second-order valence-electron chi connectivity index (χ2n) is 6.93. The van der Waals surface area contributed by atoms with Gasteiger partial charge in [-0.2, -0.15) is 0 Å². The highest BCUT2D eigenvalue weighted by Crippen LogP contribution is 2.18. The van der Waals surface area contributed by atoms with Gasteiger partial charge in [0.15, 0.2) is 0 Å². The number of nitrogens with zero attached hydrogens (tertiary/aromatic N) is 3. The minimum Gasteiger partial charge on any atom is -0.467 e. The van der Waals surface area contributed by atoms with Crippen molar-refractivity contribution in [2.75, 3.05) is 14.2 Å². The molecule has 9 heteroatoms. The van der Waals surface area contributed by atoms with Crippen LogP contribution in [0.5, 0.6) is 6.01 Å². The zero-order chi connectivity index (χ0) is 20.8. The Bertz CT molecular complexity index is 933. The van der Waals surface area contributed by atoms with E-state index in [0.717, 1.165) is 25.7 Å². The summed E-state index contributed by atoms with van der Waals surface area (Å²) in [6, 6.07) is 1.70. The first-order valence-corrected chi connectivity index (χ1v) is 9.50. The van der Waals surface area contributed by atoms with E-state index in [0.29, 0.717) is 5.56 Å². The van der Waals surface area contributed by atoms with Gasteiger partial charge in [-0.3, -0.25) is 9.59 Å². The van der Waals surface area contributed by atoms with Gasteiger partial charge in [0.1, 0.15) is 6.54 Å². The fraction of sp³-hybridized carbons (Fsp3) is 0.450. The zero-order valence-electron chi connectivity index (χ0n) is 16.5. The van der Waals surface area contributed by atoms with Crippen LogP contribution in [-0.4, -0.2) is 46.7 Å². The molecular formula is C20H24N4O5. The van der Waals surface area contributed by atoms with E-state index in [1.807, 2.05) is 0 Å². The summed E-state index contributed by atoms with van der Waals surface area (Å²) in [5.41, 5.74) is 0.331. The lowest BCUT2D eigenvalue weighted by molar-refractivity contribution is -0.122. The fourth-order valence-corrected chi connectivity index (χ4v) is 3.43. The van der Waals surface area contributed by atoms with E-state index >= 15 is 0 Å². The number of amides is 1. The molecule has 1 aliphatic rings. The summed E-state index contributed by atoms with van der Waals surface area (Å²) in [4.78, 5) is 45.5. The maximum Gasteiger partial charge on any atom is 0.339 e.